The first-order chi connectivity index (χ1) is 9.17. The van der Waals surface area contributed by atoms with Crippen LogP contribution in [0.3, 0.4) is 0 Å². The molecule has 1 saturated heterocycles. The van der Waals surface area contributed by atoms with Crippen molar-refractivity contribution in [2.45, 2.75) is 26.3 Å². The summed E-state index contributed by atoms with van der Waals surface area (Å²) in [6.07, 6.45) is 2.47. The molecule has 1 unspecified atom stereocenters. The average Bonchev–Trinajstić information content (AvgIpc) is 2.39. The third kappa shape index (κ3) is 4.33. The molecule has 19 heavy (non-hydrogen) atoms. The number of hydrogen-bond donors (Lipinski definition) is 2. The summed E-state index contributed by atoms with van der Waals surface area (Å²) in [5.74, 6) is 0.764. The van der Waals surface area contributed by atoms with Crippen LogP contribution in [0.15, 0.2) is 24.3 Å². The Morgan fingerprint density at radius 1 is 1.42 bits per heavy atom. The number of rotatable bonds is 4. The van der Waals surface area contributed by atoms with E-state index >= 15 is 0 Å². The molecule has 2 rings (SSSR count). The molecule has 1 atom stereocenters. The highest BCUT2D eigenvalue weighted by atomic mass is 16.2. The van der Waals surface area contributed by atoms with E-state index in [1.807, 2.05) is 24.3 Å². The molecule has 0 bridgehead atoms. The topological polar surface area (TPSA) is 58.4 Å². The van der Waals surface area contributed by atoms with Crippen LogP contribution in [0.25, 0.3) is 0 Å². The van der Waals surface area contributed by atoms with Crippen LogP contribution in [0.5, 0.6) is 0 Å². The molecule has 1 aliphatic rings. The molecule has 1 aromatic carbocycles. The molecule has 1 aromatic rings. The van der Waals surface area contributed by atoms with Gasteiger partial charge in [-0.2, -0.15) is 0 Å². The second-order valence-electron chi connectivity index (χ2n) is 5.43. The van der Waals surface area contributed by atoms with Crippen LogP contribution in [0.4, 0.5) is 5.69 Å². The fourth-order valence-corrected chi connectivity index (χ4v) is 2.56. The Bertz CT molecular complexity index is 416. The van der Waals surface area contributed by atoms with Crippen LogP contribution < -0.4 is 11.1 Å². The summed E-state index contributed by atoms with van der Waals surface area (Å²) in [6, 6.07) is 7.69. The lowest BCUT2D eigenvalue weighted by atomic mass is 10.0. The zero-order valence-corrected chi connectivity index (χ0v) is 11.6. The molecule has 0 aromatic heterocycles. The largest absolute Gasteiger partial charge is 0.326 e. The second-order valence-corrected chi connectivity index (χ2v) is 5.43. The van der Waals surface area contributed by atoms with Crippen LogP contribution in [0, 0.1) is 5.92 Å². The van der Waals surface area contributed by atoms with Crippen molar-refractivity contribution >= 4 is 11.6 Å². The lowest BCUT2D eigenvalue weighted by molar-refractivity contribution is -0.117. The standard InChI is InChI=1S/C15H23N3O/c1-12-3-2-8-18(10-12)11-15(19)17-14-6-4-13(9-16)5-7-14/h4-7,12H,2-3,8-11,16H2,1H3,(H,17,19). The molecular weight excluding hydrogens is 238 g/mol. The predicted octanol–water partition coefficient (Wildman–Crippen LogP) is 1.82. The highest BCUT2D eigenvalue weighted by molar-refractivity contribution is 5.92. The highest BCUT2D eigenvalue weighted by Crippen LogP contribution is 2.15. The van der Waals surface area contributed by atoms with Gasteiger partial charge in [0, 0.05) is 18.8 Å². The van der Waals surface area contributed by atoms with E-state index < -0.39 is 0 Å². The van der Waals surface area contributed by atoms with Gasteiger partial charge in [-0.1, -0.05) is 19.1 Å². The van der Waals surface area contributed by atoms with Gasteiger partial charge in [0.25, 0.3) is 0 Å². The number of anilines is 1. The molecule has 0 aliphatic carbocycles. The van der Waals surface area contributed by atoms with E-state index in [4.69, 9.17) is 5.73 Å². The Labute approximate surface area is 115 Å². The lowest BCUT2D eigenvalue weighted by Crippen LogP contribution is -2.39. The maximum atomic E-state index is 12.0. The predicted molar refractivity (Wildman–Crippen MR) is 77.8 cm³/mol. The highest BCUT2D eigenvalue weighted by Gasteiger charge is 2.18. The summed E-state index contributed by atoms with van der Waals surface area (Å²) in [5.41, 5.74) is 7.46. The second kappa shape index (κ2) is 6.68. The molecule has 4 heteroatoms. The average molecular weight is 261 g/mol. The summed E-state index contributed by atoms with van der Waals surface area (Å²) >= 11 is 0. The molecule has 1 fully saturated rings. The summed E-state index contributed by atoms with van der Waals surface area (Å²) in [4.78, 5) is 14.2. The van der Waals surface area contributed by atoms with E-state index in [0.717, 1.165) is 24.3 Å². The summed E-state index contributed by atoms with van der Waals surface area (Å²) in [7, 11) is 0. The van der Waals surface area contributed by atoms with Crippen LogP contribution in [-0.2, 0) is 11.3 Å². The number of hydrogen-bond acceptors (Lipinski definition) is 3. The Kier molecular flexibility index (Phi) is 4.93. The number of benzene rings is 1. The SMILES string of the molecule is CC1CCCN(CC(=O)Nc2ccc(CN)cc2)C1. The number of piperidine rings is 1. The van der Waals surface area contributed by atoms with Crippen molar-refractivity contribution in [3.63, 3.8) is 0 Å². The molecular formula is C15H23N3O. The lowest BCUT2D eigenvalue weighted by Gasteiger charge is -2.30. The number of nitrogens with zero attached hydrogens (tertiary/aromatic N) is 1. The zero-order valence-electron chi connectivity index (χ0n) is 11.6. The van der Waals surface area contributed by atoms with Gasteiger partial charge in [-0.25, -0.2) is 0 Å². The van der Waals surface area contributed by atoms with Crippen molar-refractivity contribution in [3.05, 3.63) is 29.8 Å². The molecule has 1 heterocycles. The van der Waals surface area contributed by atoms with Gasteiger partial charge in [-0.05, 0) is 43.0 Å². The van der Waals surface area contributed by atoms with Gasteiger partial charge < -0.3 is 11.1 Å². The molecule has 4 nitrogen and oxygen atoms in total. The number of nitrogens with one attached hydrogen (secondary N) is 1. The normalized spacial score (nSPS) is 20.2. The summed E-state index contributed by atoms with van der Waals surface area (Å²) in [5, 5.41) is 2.93. The van der Waals surface area contributed by atoms with Crippen LogP contribution >= 0.6 is 0 Å². The Balaban J connectivity index is 1.83. The van der Waals surface area contributed by atoms with E-state index in [0.29, 0.717) is 19.0 Å². The fraction of sp³-hybridized carbons (Fsp3) is 0.533. The van der Waals surface area contributed by atoms with Gasteiger partial charge in [0.1, 0.15) is 0 Å². The van der Waals surface area contributed by atoms with Gasteiger partial charge in [0.05, 0.1) is 6.54 Å². The third-order valence-corrected chi connectivity index (χ3v) is 3.58. The fourth-order valence-electron chi connectivity index (χ4n) is 2.56. The van der Waals surface area contributed by atoms with Gasteiger partial charge in [-0.3, -0.25) is 9.69 Å². The zero-order chi connectivity index (χ0) is 13.7. The minimum absolute atomic E-state index is 0.0644. The number of amides is 1. The number of carbonyl (C=O) groups is 1. The van der Waals surface area contributed by atoms with Gasteiger partial charge in [0.2, 0.25) is 5.91 Å². The third-order valence-electron chi connectivity index (χ3n) is 3.58. The first-order valence-electron chi connectivity index (χ1n) is 6.98. The maximum Gasteiger partial charge on any atom is 0.238 e. The van der Waals surface area contributed by atoms with Crippen molar-refractivity contribution in [1.82, 2.24) is 4.90 Å². The number of nitrogens with two attached hydrogens (primary N) is 1. The molecule has 1 amide bonds. The van der Waals surface area contributed by atoms with Gasteiger partial charge >= 0.3 is 0 Å². The van der Waals surface area contributed by atoms with Crippen LogP contribution in [0.1, 0.15) is 25.3 Å². The smallest absolute Gasteiger partial charge is 0.238 e. The quantitative estimate of drug-likeness (QED) is 0.869. The molecule has 1 aliphatic heterocycles. The van der Waals surface area contributed by atoms with Crippen molar-refractivity contribution in [2.24, 2.45) is 11.7 Å². The first-order valence-corrected chi connectivity index (χ1v) is 6.98. The van der Waals surface area contributed by atoms with E-state index in [-0.39, 0.29) is 5.91 Å². The molecule has 104 valence electrons. The van der Waals surface area contributed by atoms with Gasteiger partial charge in [0.15, 0.2) is 0 Å². The van der Waals surface area contributed by atoms with Crippen molar-refractivity contribution < 1.29 is 4.79 Å². The minimum Gasteiger partial charge on any atom is -0.326 e. The van der Waals surface area contributed by atoms with Gasteiger partial charge in [-0.15, -0.1) is 0 Å². The minimum atomic E-state index is 0.0644. The molecule has 0 radical (unpaired) electrons. The maximum absolute atomic E-state index is 12.0. The Morgan fingerprint density at radius 3 is 2.79 bits per heavy atom. The monoisotopic (exact) mass is 261 g/mol. The van der Waals surface area contributed by atoms with E-state index in [1.165, 1.54) is 12.8 Å². The first kappa shape index (κ1) is 14.0. The van der Waals surface area contributed by atoms with E-state index in [2.05, 4.69) is 17.1 Å². The van der Waals surface area contributed by atoms with E-state index in [9.17, 15) is 4.79 Å². The Morgan fingerprint density at radius 2 is 2.16 bits per heavy atom. The van der Waals surface area contributed by atoms with Crippen LogP contribution in [0.2, 0.25) is 0 Å². The van der Waals surface area contributed by atoms with E-state index in [1.54, 1.807) is 0 Å². The summed E-state index contributed by atoms with van der Waals surface area (Å²) in [6.45, 7) is 5.32. The molecule has 3 N–H and O–H groups in total. The summed E-state index contributed by atoms with van der Waals surface area (Å²) < 4.78 is 0. The van der Waals surface area contributed by atoms with Crippen molar-refractivity contribution in [3.8, 4) is 0 Å². The van der Waals surface area contributed by atoms with Crippen molar-refractivity contribution in [2.75, 3.05) is 25.0 Å². The van der Waals surface area contributed by atoms with Crippen molar-refractivity contribution in [1.29, 1.82) is 0 Å². The molecule has 0 saturated carbocycles. The number of likely N-dealkylation sites (tertiary alicyclic amines) is 1. The number of carbonyl (C=O) groups excluding carboxylic acids is 1. The Hall–Kier alpha value is -1.39. The molecule has 0 spiro atoms. The van der Waals surface area contributed by atoms with Crippen LogP contribution in [-0.4, -0.2) is 30.4 Å².